The van der Waals surface area contributed by atoms with E-state index >= 15 is 0 Å². The fourth-order valence-corrected chi connectivity index (χ4v) is 2.68. The van der Waals surface area contributed by atoms with Crippen LogP contribution in [-0.4, -0.2) is 33.4 Å². The molecule has 0 bridgehead atoms. The van der Waals surface area contributed by atoms with E-state index in [1.165, 1.54) is 17.3 Å². The van der Waals surface area contributed by atoms with Gasteiger partial charge in [-0.15, -0.1) is 0 Å². The SMILES string of the molecule is O=C(O)c1cncc2c1CCN(C(=O)c1ccc(F)cc1F)C2. The monoisotopic (exact) mass is 318 g/mol. The van der Waals surface area contributed by atoms with Crippen LogP contribution in [0, 0.1) is 11.6 Å². The molecule has 0 unspecified atom stereocenters. The third kappa shape index (κ3) is 2.77. The van der Waals surface area contributed by atoms with Crippen LogP contribution in [0.4, 0.5) is 8.78 Å². The molecule has 2 heterocycles. The summed E-state index contributed by atoms with van der Waals surface area (Å²) in [6.45, 7) is 0.395. The Morgan fingerprint density at radius 2 is 1.96 bits per heavy atom. The molecule has 1 aromatic heterocycles. The van der Waals surface area contributed by atoms with Crippen molar-refractivity contribution in [3.8, 4) is 0 Å². The molecule has 3 rings (SSSR count). The summed E-state index contributed by atoms with van der Waals surface area (Å²) in [5.41, 5.74) is 1.16. The van der Waals surface area contributed by atoms with Crippen molar-refractivity contribution in [1.29, 1.82) is 0 Å². The van der Waals surface area contributed by atoms with Gasteiger partial charge >= 0.3 is 5.97 Å². The Bertz CT molecular complexity index is 808. The maximum absolute atomic E-state index is 13.7. The highest BCUT2D eigenvalue weighted by molar-refractivity contribution is 5.95. The van der Waals surface area contributed by atoms with E-state index in [2.05, 4.69) is 4.98 Å². The number of carbonyl (C=O) groups excluding carboxylic acids is 1. The molecule has 0 spiro atoms. The molecule has 1 aromatic carbocycles. The number of carboxylic acids is 1. The molecule has 0 saturated heterocycles. The first kappa shape index (κ1) is 15.1. The number of amides is 1. The van der Waals surface area contributed by atoms with Gasteiger partial charge in [0, 0.05) is 31.5 Å². The molecule has 0 atom stereocenters. The zero-order valence-electron chi connectivity index (χ0n) is 11.9. The predicted molar refractivity (Wildman–Crippen MR) is 76.0 cm³/mol. The first-order chi connectivity index (χ1) is 11.0. The number of halogens is 2. The molecule has 1 N–H and O–H groups in total. The van der Waals surface area contributed by atoms with E-state index in [1.54, 1.807) is 0 Å². The van der Waals surface area contributed by atoms with Gasteiger partial charge in [0.25, 0.3) is 5.91 Å². The van der Waals surface area contributed by atoms with E-state index in [0.29, 0.717) is 23.6 Å². The van der Waals surface area contributed by atoms with E-state index in [4.69, 9.17) is 5.11 Å². The van der Waals surface area contributed by atoms with E-state index in [1.807, 2.05) is 0 Å². The van der Waals surface area contributed by atoms with Crippen molar-refractivity contribution in [2.45, 2.75) is 13.0 Å². The number of hydrogen-bond acceptors (Lipinski definition) is 3. The van der Waals surface area contributed by atoms with Gasteiger partial charge in [0.05, 0.1) is 11.1 Å². The maximum Gasteiger partial charge on any atom is 0.337 e. The van der Waals surface area contributed by atoms with Crippen LogP contribution >= 0.6 is 0 Å². The smallest absolute Gasteiger partial charge is 0.337 e. The summed E-state index contributed by atoms with van der Waals surface area (Å²) in [6.07, 6.45) is 3.12. The number of fused-ring (bicyclic) bond motifs is 1. The second kappa shape index (κ2) is 5.75. The molecular weight excluding hydrogens is 306 g/mol. The fourth-order valence-electron chi connectivity index (χ4n) is 2.68. The quantitative estimate of drug-likeness (QED) is 0.922. The highest BCUT2D eigenvalue weighted by Gasteiger charge is 2.26. The van der Waals surface area contributed by atoms with E-state index < -0.39 is 23.5 Å². The number of carboxylic acid groups (broad SMARTS) is 1. The minimum Gasteiger partial charge on any atom is -0.478 e. The molecule has 5 nitrogen and oxygen atoms in total. The number of hydrogen-bond donors (Lipinski definition) is 1. The normalized spacial score (nSPS) is 13.6. The number of aromatic carboxylic acids is 1. The fraction of sp³-hybridized carbons (Fsp3) is 0.188. The number of nitrogens with zero attached hydrogens (tertiary/aromatic N) is 2. The van der Waals surface area contributed by atoms with Crippen molar-refractivity contribution in [3.05, 3.63) is 64.5 Å². The summed E-state index contributed by atoms with van der Waals surface area (Å²) in [7, 11) is 0. The zero-order chi connectivity index (χ0) is 16.6. The van der Waals surface area contributed by atoms with Gasteiger partial charge in [0.2, 0.25) is 0 Å². The van der Waals surface area contributed by atoms with Crippen molar-refractivity contribution in [2.75, 3.05) is 6.54 Å². The van der Waals surface area contributed by atoms with Crippen molar-refractivity contribution in [1.82, 2.24) is 9.88 Å². The van der Waals surface area contributed by atoms with Gasteiger partial charge in [-0.2, -0.15) is 0 Å². The lowest BCUT2D eigenvalue weighted by Crippen LogP contribution is -2.37. The van der Waals surface area contributed by atoms with Crippen LogP contribution in [-0.2, 0) is 13.0 Å². The Labute approximate surface area is 130 Å². The average Bonchev–Trinajstić information content (AvgIpc) is 2.53. The Hall–Kier alpha value is -2.83. The summed E-state index contributed by atoms with van der Waals surface area (Å²) in [5.74, 6) is -3.30. The predicted octanol–water partition coefficient (Wildman–Crippen LogP) is 2.26. The molecule has 0 aliphatic carbocycles. The van der Waals surface area contributed by atoms with Crippen LogP contribution in [0.1, 0.15) is 31.8 Å². The second-order valence-corrected chi connectivity index (χ2v) is 5.23. The number of rotatable bonds is 2. The van der Waals surface area contributed by atoms with Gasteiger partial charge in [-0.3, -0.25) is 9.78 Å². The summed E-state index contributed by atoms with van der Waals surface area (Å²) in [5, 5.41) is 9.15. The van der Waals surface area contributed by atoms with Crippen LogP contribution in [0.3, 0.4) is 0 Å². The van der Waals surface area contributed by atoms with Crippen LogP contribution < -0.4 is 0 Å². The second-order valence-electron chi connectivity index (χ2n) is 5.23. The summed E-state index contributed by atoms with van der Waals surface area (Å²) < 4.78 is 26.7. The molecule has 1 amide bonds. The molecule has 0 radical (unpaired) electrons. The minimum absolute atomic E-state index is 0.113. The lowest BCUT2D eigenvalue weighted by Gasteiger charge is -2.29. The van der Waals surface area contributed by atoms with Crippen molar-refractivity contribution < 1.29 is 23.5 Å². The van der Waals surface area contributed by atoms with Gasteiger partial charge in [0.1, 0.15) is 11.6 Å². The standard InChI is InChI=1S/C16H12F2N2O3/c17-10-1-2-12(14(18)5-10)15(21)20-4-3-11-9(8-20)6-19-7-13(11)16(22)23/h1-2,5-7H,3-4,8H2,(H,22,23). The third-order valence-corrected chi connectivity index (χ3v) is 3.82. The highest BCUT2D eigenvalue weighted by Crippen LogP contribution is 2.23. The van der Waals surface area contributed by atoms with Crippen LogP contribution in [0.15, 0.2) is 30.6 Å². The van der Waals surface area contributed by atoms with Gasteiger partial charge in [-0.1, -0.05) is 0 Å². The lowest BCUT2D eigenvalue weighted by molar-refractivity contribution is 0.0693. The summed E-state index contributed by atoms with van der Waals surface area (Å²) in [4.78, 5) is 28.8. The van der Waals surface area contributed by atoms with Gasteiger partial charge in [-0.05, 0) is 29.7 Å². The van der Waals surface area contributed by atoms with Crippen LogP contribution in [0.25, 0.3) is 0 Å². The van der Waals surface area contributed by atoms with Crippen molar-refractivity contribution >= 4 is 11.9 Å². The minimum atomic E-state index is -1.07. The number of carbonyl (C=O) groups is 2. The van der Waals surface area contributed by atoms with E-state index in [9.17, 15) is 18.4 Å². The average molecular weight is 318 g/mol. The molecule has 0 saturated carbocycles. The van der Waals surface area contributed by atoms with Crippen LogP contribution in [0.5, 0.6) is 0 Å². The maximum atomic E-state index is 13.7. The molecule has 118 valence electrons. The molecule has 23 heavy (non-hydrogen) atoms. The molecule has 1 aliphatic heterocycles. The van der Waals surface area contributed by atoms with E-state index in [0.717, 1.165) is 12.1 Å². The first-order valence-corrected chi connectivity index (χ1v) is 6.90. The lowest BCUT2D eigenvalue weighted by atomic mass is 9.96. The summed E-state index contributed by atoms with van der Waals surface area (Å²) in [6, 6.07) is 2.79. The Balaban J connectivity index is 1.89. The number of benzene rings is 1. The molecule has 0 fully saturated rings. The molecular formula is C16H12F2N2O3. The molecule has 1 aliphatic rings. The van der Waals surface area contributed by atoms with Gasteiger partial charge < -0.3 is 10.0 Å². The van der Waals surface area contributed by atoms with Gasteiger partial charge in [-0.25, -0.2) is 13.6 Å². The largest absolute Gasteiger partial charge is 0.478 e. The van der Waals surface area contributed by atoms with Crippen molar-refractivity contribution in [3.63, 3.8) is 0 Å². The Morgan fingerprint density at radius 1 is 1.17 bits per heavy atom. The summed E-state index contributed by atoms with van der Waals surface area (Å²) >= 11 is 0. The topological polar surface area (TPSA) is 70.5 Å². The van der Waals surface area contributed by atoms with E-state index in [-0.39, 0.29) is 24.2 Å². The van der Waals surface area contributed by atoms with Crippen molar-refractivity contribution in [2.24, 2.45) is 0 Å². The van der Waals surface area contributed by atoms with Gasteiger partial charge in [0.15, 0.2) is 0 Å². The number of pyridine rings is 1. The zero-order valence-corrected chi connectivity index (χ0v) is 11.9. The Morgan fingerprint density at radius 3 is 2.65 bits per heavy atom. The highest BCUT2D eigenvalue weighted by atomic mass is 19.1. The molecule has 7 heteroatoms. The third-order valence-electron chi connectivity index (χ3n) is 3.82. The first-order valence-electron chi connectivity index (χ1n) is 6.90. The molecule has 2 aromatic rings. The van der Waals surface area contributed by atoms with Crippen LogP contribution in [0.2, 0.25) is 0 Å². The number of aromatic nitrogens is 1. The Kier molecular flexibility index (Phi) is 3.77.